The Kier molecular flexibility index (Phi) is 4.34. The standard InChI is InChI=1S/C15H20O6/c1-8-4-2-3-5-9(8)6-10-12(17)13(18)11(16)7-15(10,21)14(19)20/h2-5,10-13,16-18,21H,6-7H2,1H3,(H,19,20)/t10-,11+,12+,13-,15-/m0/s1. The lowest BCUT2D eigenvalue weighted by molar-refractivity contribution is -0.209. The van der Waals surface area contributed by atoms with Crippen LogP contribution >= 0.6 is 0 Å². The predicted octanol–water partition coefficient (Wildman–Crippen LogP) is -0.544. The van der Waals surface area contributed by atoms with Gasteiger partial charge in [-0.05, 0) is 24.5 Å². The molecule has 1 saturated carbocycles. The van der Waals surface area contributed by atoms with E-state index < -0.39 is 42.2 Å². The smallest absolute Gasteiger partial charge is 0.336 e. The van der Waals surface area contributed by atoms with Gasteiger partial charge in [0.05, 0.1) is 12.2 Å². The van der Waals surface area contributed by atoms with Gasteiger partial charge in [-0.1, -0.05) is 24.3 Å². The Hall–Kier alpha value is -1.47. The first kappa shape index (κ1) is 15.9. The van der Waals surface area contributed by atoms with Crippen LogP contribution in [0.4, 0.5) is 0 Å². The van der Waals surface area contributed by atoms with Crippen molar-refractivity contribution in [3.05, 3.63) is 35.4 Å². The van der Waals surface area contributed by atoms with Gasteiger partial charge in [0.15, 0.2) is 5.60 Å². The van der Waals surface area contributed by atoms with E-state index in [9.17, 15) is 30.3 Å². The van der Waals surface area contributed by atoms with Crippen LogP contribution in [0.1, 0.15) is 17.5 Å². The van der Waals surface area contributed by atoms with Gasteiger partial charge in [0, 0.05) is 12.3 Å². The molecule has 1 aliphatic rings. The van der Waals surface area contributed by atoms with Crippen molar-refractivity contribution in [3.8, 4) is 0 Å². The Labute approximate surface area is 122 Å². The van der Waals surface area contributed by atoms with E-state index >= 15 is 0 Å². The number of carboxylic acids is 1. The first-order valence-corrected chi connectivity index (χ1v) is 6.82. The van der Waals surface area contributed by atoms with Crippen molar-refractivity contribution < 1.29 is 30.3 Å². The molecular formula is C15H20O6. The highest BCUT2D eigenvalue weighted by molar-refractivity contribution is 5.78. The van der Waals surface area contributed by atoms with E-state index in [1.165, 1.54) is 0 Å². The fraction of sp³-hybridized carbons (Fsp3) is 0.533. The molecule has 5 N–H and O–H groups in total. The maximum atomic E-state index is 11.4. The van der Waals surface area contributed by atoms with Gasteiger partial charge in [-0.25, -0.2) is 4.79 Å². The van der Waals surface area contributed by atoms with Gasteiger partial charge >= 0.3 is 5.97 Å². The molecule has 116 valence electrons. The summed E-state index contributed by atoms with van der Waals surface area (Å²) in [6, 6.07) is 7.23. The lowest BCUT2D eigenvalue weighted by Crippen LogP contribution is -2.63. The number of aryl methyl sites for hydroxylation is 1. The molecule has 0 bridgehead atoms. The summed E-state index contributed by atoms with van der Waals surface area (Å²) >= 11 is 0. The summed E-state index contributed by atoms with van der Waals surface area (Å²) < 4.78 is 0. The van der Waals surface area contributed by atoms with Crippen LogP contribution in [0.3, 0.4) is 0 Å². The molecule has 21 heavy (non-hydrogen) atoms. The second kappa shape index (κ2) is 5.73. The van der Waals surface area contributed by atoms with E-state index in [2.05, 4.69) is 0 Å². The Morgan fingerprint density at radius 2 is 1.86 bits per heavy atom. The number of aliphatic carboxylic acids is 1. The van der Waals surface area contributed by atoms with Crippen LogP contribution in [0.25, 0.3) is 0 Å². The molecule has 0 heterocycles. The van der Waals surface area contributed by atoms with Crippen molar-refractivity contribution >= 4 is 5.97 Å². The Balaban J connectivity index is 2.36. The SMILES string of the molecule is Cc1ccccc1C[C@H]1[C@@H](O)[C@@H](O)[C@H](O)C[C@@]1(O)C(=O)O. The Morgan fingerprint density at radius 1 is 1.24 bits per heavy atom. The zero-order valence-corrected chi connectivity index (χ0v) is 11.7. The monoisotopic (exact) mass is 296 g/mol. The summed E-state index contributed by atoms with van der Waals surface area (Å²) in [4.78, 5) is 11.4. The molecule has 1 aromatic carbocycles. The van der Waals surface area contributed by atoms with Crippen LogP contribution < -0.4 is 0 Å². The molecular weight excluding hydrogens is 276 g/mol. The number of hydrogen-bond acceptors (Lipinski definition) is 5. The number of carbonyl (C=O) groups is 1. The summed E-state index contributed by atoms with van der Waals surface area (Å²) in [5.74, 6) is -2.61. The molecule has 1 aliphatic carbocycles. The van der Waals surface area contributed by atoms with Crippen molar-refractivity contribution in [2.45, 2.75) is 43.7 Å². The van der Waals surface area contributed by atoms with Crippen molar-refractivity contribution in [3.63, 3.8) is 0 Å². The van der Waals surface area contributed by atoms with Crippen LogP contribution in [-0.2, 0) is 11.2 Å². The van der Waals surface area contributed by atoms with E-state index in [1.807, 2.05) is 19.1 Å². The third-order valence-electron chi connectivity index (χ3n) is 4.36. The fourth-order valence-corrected chi connectivity index (χ4v) is 2.95. The zero-order chi connectivity index (χ0) is 15.8. The Bertz CT molecular complexity index is 531. The van der Waals surface area contributed by atoms with Crippen molar-refractivity contribution in [1.29, 1.82) is 0 Å². The lowest BCUT2D eigenvalue weighted by Gasteiger charge is -2.44. The van der Waals surface area contributed by atoms with Crippen molar-refractivity contribution in [1.82, 2.24) is 0 Å². The minimum atomic E-state index is -2.28. The molecule has 2 rings (SSSR count). The molecule has 0 aliphatic heterocycles. The highest BCUT2D eigenvalue weighted by atomic mass is 16.4. The minimum absolute atomic E-state index is 0.0976. The van der Waals surface area contributed by atoms with Gasteiger partial charge in [-0.15, -0.1) is 0 Å². The van der Waals surface area contributed by atoms with Gasteiger partial charge in [0.2, 0.25) is 0 Å². The van der Waals surface area contributed by atoms with Gasteiger partial charge in [0.1, 0.15) is 6.10 Å². The van der Waals surface area contributed by atoms with E-state index in [0.717, 1.165) is 11.1 Å². The highest BCUT2D eigenvalue weighted by Gasteiger charge is 2.55. The topological polar surface area (TPSA) is 118 Å². The molecule has 0 aromatic heterocycles. The molecule has 1 aromatic rings. The third kappa shape index (κ3) is 2.80. The second-order valence-electron chi connectivity index (χ2n) is 5.72. The quantitative estimate of drug-likeness (QED) is 0.511. The number of hydrogen-bond donors (Lipinski definition) is 5. The van der Waals surface area contributed by atoms with Crippen LogP contribution in [0, 0.1) is 12.8 Å². The number of rotatable bonds is 3. The van der Waals surface area contributed by atoms with E-state index in [4.69, 9.17) is 0 Å². The molecule has 0 amide bonds. The average Bonchev–Trinajstić information content (AvgIpc) is 2.43. The van der Waals surface area contributed by atoms with Crippen LogP contribution in [0.2, 0.25) is 0 Å². The van der Waals surface area contributed by atoms with Crippen molar-refractivity contribution in [2.24, 2.45) is 5.92 Å². The zero-order valence-electron chi connectivity index (χ0n) is 11.7. The summed E-state index contributed by atoms with van der Waals surface area (Å²) in [6.07, 6.45) is -4.89. The maximum absolute atomic E-state index is 11.4. The molecule has 1 fully saturated rings. The molecule has 0 unspecified atom stereocenters. The third-order valence-corrected chi connectivity index (χ3v) is 4.36. The first-order valence-electron chi connectivity index (χ1n) is 6.82. The van der Waals surface area contributed by atoms with E-state index in [-0.39, 0.29) is 6.42 Å². The number of aliphatic hydroxyl groups excluding tert-OH is 3. The number of aliphatic hydroxyl groups is 4. The van der Waals surface area contributed by atoms with Gasteiger partial charge in [0.25, 0.3) is 0 Å². The fourth-order valence-electron chi connectivity index (χ4n) is 2.95. The van der Waals surface area contributed by atoms with E-state index in [0.29, 0.717) is 0 Å². The maximum Gasteiger partial charge on any atom is 0.336 e. The first-order chi connectivity index (χ1) is 9.77. The molecule has 0 radical (unpaired) electrons. The van der Waals surface area contributed by atoms with Crippen molar-refractivity contribution in [2.75, 3.05) is 0 Å². The average molecular weight is 296 g/mol. The van der Waals surface area contributed by atoms with Crippen LogP contribution in [-0.4, -0.2) is 55.4 Å². The minimum Gasteiger partial charge on any atom is -0.479 e. The molecule has 6 nitrogen and oxygen atoms in total. The van der Waals surface area contributed by atoms with Gasteiger partial charge in [-0.3, -0.25) is 0 Å². The molecule has 6 heteroatoms. The largest absolute Gasteiger partial charge is 0.479 e. The van der Waals surface area contributed by atoms with Crippen LogP contribution in [0.15, 0.2) is 24.3 Å². The predicted molar refractivity (Wildman–Crippen MR) is 73.6 cm³/mol. The summed E-state index contributed by atoms with van der Waals surface area (Å²) in [7, 11) is 0. The molecule has 0 spiro atoms. The number of carboxylic acid groups (broad SMARTS) is 1. The molecule has 0 saturated heterocycles. The summed E-state index contributed by atoms with van der Waals surface area (Å²) in [5.41, 5.74) is -0.594. The van der Waals surface area contributed by atoms with Gasteiger partial charge < -0.3 is 25.5 Å². The number of benzene rings is 1. The summed E-state index contributed by atoms with van der Waals surface area (Å²) in [6.45, 7) is 1.84. The highest BCUT2D eigenvalue weighted by Crippen LogP contribution is 2.37. The summed E-state index contributed by atoms with van der Waals surface area (Å²) in [5, 5.41) is 49.2. The molecule has 5 atom stereocenters. The second-order valence-corrected chi connectivity index (χ2v) is 5.72. The lowest BCUT2D eigenvalue weighted by atomic mass is 9.68. The van der Waals surface area contributed by atoms with E-state index in [1.54, 1.807) is 12.1 Å². The van der Waals surface area contributed by atoms with Gasteiger partial charge in [-0.2, -0.15) is 0 Å². The normalized spacial score (nSPS) is 36.4. The van der Waals surface area contributed by atoms with Crippen LogP contribution in [0.5, 0.6) is 0 Å². The Morgan fingerprint density at radius 3 is 2.43 bits per heavy atom.